The van der Waals surface area contributed by atoms with E-state index in [1.165, 1.54) is 0 Å². The van der Waals surface area contributed by atoms with E-state index in [2.05, 4.69) is 10.3 Å². The van der Waals surface area contributed by atoms with E-state index in [1.54, 1.807) is 19.3 Å². The van der Waals surface area contributed by atoms with Gasteiger partial charge in [0.2, 0.25) is 0 Å². The zero-order chi connectivity index (χ0) is 11.3. The summed E-state index contributed by atoms with van der Waals surface area (Å²) in [5.41, 5.74) is 1.14. The molecule has 0 aliphatic carbocycles. The first kappa shape index (κ1) is 11.9. The van der Waals surface area contributed by atoms with Crippen LogP contribution in [0.2, 0.25) is 0 Å². The van der Waals surface area contributed by atoms with Crippen LogP contribution in [0.25, 0.3) is 0 Å². The summed E-state index contributed by atoms with van der Waals surface area (Å²) in [7, 11) is 0. The number of ketones is 1. The van der Waals surface area contributed by atoms with Crippen LogP contribution in [0.5, 0.6) is 0 Å². The van der Waals surface area contributed by atoms with Crippen molar-refractivity contribution in [1.82, 2.24) is 10.3 Å². The molecule has 0 radical (unpaired) electrons. The Labute approximate surface area is 90.9 Å². The van der Waals surface area contributed by atoms with Crippen LogP contribution in [0, 0.1) is 0 Å². The van der Waals surface area contributed by atoms with Crippen molar-refractivity contribution in [2.75, 3.05) is 0 Å². The molecule has 3 nitrogen and oxygen atoms in total. The van der Waals surface area contributed by atoms with Crippen LogP contribution in [0.3, 0.4) is 0 Å². The van der Waals surface area contributed by atoms with Crippen molar-refractivity contribution in [3.63, 3.8) is 0 Å². The number of pyridine rings is 1. The van der Waals surface area contributed by atoms with Gasteiger partial charge in [-0.1, -0.05) is 13.8 Å². The topological polar surface area (TPSA) is 42.0 Å². The highest BCUT2D eigenvalue weighted by Gasteiger charge is 2.15. The molecule has 1 unspecified atom stereocenters. The molecular weight excluding hydrogens is 188 g/mol. The number of hydrogen-bond acceptors (Lipinski definition) is 3. The van der Waals surface area contributed by atoms with Gasteiger partial charge in [0.25, 0.3) is 0 Å². The minimum absolute atomic E-state index is 0.0904. The van der Waals surface area contributed by atoms with Crippen molar-refractivity contribution in [2.24, 2.45) is 0 Å². The molecule has 1 aromatic rings. The number of Topliss-reactive ketones (excluding diaryl/α,β-unsaturated/α-hetero) is 1. The number of carbonyl (C=O) groups is 1. The maximum atomic E-state index is 11.4. The molecule has 0 amide bonds. The molecule has 1 rings (SSSR count). The van der Waals surface area contributed by atoms with Crippen molar-refractivity contribution >= 4 is 5.78 Å². The number of aromatic nitrogens is 1. The summed E-state index contributed by atoms with van der Waals surface area (Å²) < 4.78 is 0. The molecule has 0 aromatic carbocycles. The lowest BCUT2D eigenvalue weighted by Gasteiger charge is -2.18. The second-order valence-electron chi connectivity index (χ2n) is 4.04. The molecule has 0 fully saturated rings. The Balaban J connectivity index is 2.63. The first-order valence-corrected chi connectivity index (χ1v) is 5.25. The Hall–Kier alpha value is -1.22. The molecule has 15 heavy (non-hydrogen) atoms. The fourth-order valence-electron chi connectivity index (χ4n) is 1.48. The second kappa shape index (κ2) is 5.61. The molecule has 1 aromatic heterocycles. The van der Waals surface area contributed by atoms with Crippen molar-refractivity contribution in [3.8, 4) is 0 Å². The SMILES string of the molecule is CC(=O)C(Cc1ccncc1)NC(C)C. The van der Waals surface area contributed by atoms with Gasteiger partial charge in [0.05, 0.1) is 6.04 Å². The summed E-state index contributed by atoms with van der Waals surface area (Å²) in [6.07, 6.45) is 4.24. The summed E-state index contributed by atoms with van der Waals surface area (Å²) >= 11 is 0. The van der Waals surface area contributed by atoms with Crippen LogP contribution < -0.4 is 5.32 Å². The van der Waals surface area contributed by atoms with Gasteiger partial charge in [-0.25, -0.2) is 0 Å². The van der Waals surface area contributed by atoms with Crippen molar-refractivity contribution < 1.29 is 4.79 Å². The van der Waals surface area contributed by atoms with Crippen LogP contribution in [0.4, 0.5) is 0 Å². The molecule has 1 heterocycles. The summed E-state index contributed by atoms with van der Waals surface area (Å²) in [6.45, 7) is 5.71. The van der Waals surface area contributed by atoms with Gasteiger partial charge >= 0.3 is 0 Å². The average molecular weight is 206 g/mol. The van der Waals surface area contributed by atoms with Gasteiger partial charge in [0, 0.05) is 18.4 Å². The predicted octanol–water partition coefficient (Wildman–Crippen LogP) is 1.58. The van der Waals surface area contributed by atoms with Crippen LogP contribution >= 0.6 is 0 Å². The first-order valence-electron chi connectivity index (χ1n) is 5.25. The van der Waals surface area contributed by atoms with Crippen LogP contribution in [-0.4, -0.2) is 22.9 Å². The third-order valence-electron chi connectivity index (χ3n) is 2.21. The maximum absolute atomic E-state index is 11.4. The molecule has 0 bridgehead atoms. The van der Waals surface area contributed by atoms with E-state index in [0.717, 1.165) is 12.0 Å². The minimum Gasteiger partial charge on any atom is -0.305 e. The Kier molecular flexibility index (Phi) is 4.43. The lowest BCUT2D eigenvalue weighted by molar-refractivity contribution is -0.119. The molecule has 0 aliphatic rings. The first-order chi connectivity index (χ1) is 7.09. The van der Waals surface area contributed by atoms with Gasteiger partial charge in [-0.3, -0.25) is 9.78 Å². The number of carbonyl (C=O) groups excluding carboxylic acids is 1. The van der Waals surface area contributed by atoms with Gasteiger partial charge in [-0.2, -0.15) is 0 Å². The average Bonchev–Trinajstić information content (AvgIpc) is 2.17. The predicted molar refractivity (Wildman–Crippen MR) is 60.7 cm³/mol. The van der Waals surface area contributed by atoms with E-state index < -0.39 is 0 Å². The van der Waals surface area contributed by atoms with E-state index in [-0.39, 0.29) is 11.8 Å². The quantitative estimate of drug-likeness (QED) is 0.795. The largest absolute Gasteiger partial charge is 0.305 e. The standard InChI is InChI=1S/C12H18N2O/c1-9(2)14-12(10(3)15)8-11-4-6-13-7-5-11/h4-7,9,12,14H,8H2,1-3H3. The van der Waals surface area contributed by atoms with Gasteiger partial charge < -0.3 is 5.32 Å². The van der Waals surface area contributed by atoms with E-state index in [1.807, 2.05) is 26.0 Å². The van der Waals surface area contributed by atoms with E-state index in [0.29, 0.717) is 6.04 Å². The summed E-state index contributed by atoms with van der Waals surface area (Å²) in [5, 5.41) is 3.26. The zero-order valence-corrected chi connectivity index (χ0v) is 9.53. The van der Waals surface area contributed by atoms with Gasteiger partial charge in [-0.05, 0) is 31.0 Å². The van der Waals surface area contributed by atoms with Gasteiger partial charge in [0.1, 0.15) is 5.78 Å². The lowest BCUT2D eigenvalue weighted by Crippen LogP contribution is -2.41. The highest BCUT2D eigenvalue weighted by atomic mass is 16.1. The molecule has 0 aliphatic heterocycles. The van der Waals surface area contributed by atoms with Crippen LogP contribution in [0.15, 0.2) is 24.5 Å². The number of rotatable bonds is 5. The molecule has 82 valence electrons. The van der Waals surface area contributed by atoms with Crippen molar-refractivity contribution in [3.05, 3.63) is 30.1 Å². The van der Waals surface area contributed by atoms with Crippen molar-refractivity contribution in [1.29, 1.82) is 0 Å². The van der Waals surface area contributed by atoms with E-state index in [9.17, 15) is 4.79 Å². The third kappa shape index (κ3) is 4.21. The molecule has 0 spiro atoms. The zero-order valence-electron chi connectivity index (χ0n) is 9.53. The molecule has 0 saturated heterocycles. The fraction of sp³-hybridized carbons (Fsp3) is 0.500. The number of nitrogens with zero attached hydrogens (tertiary/aromatic N) is 1. The fourth-order valence-corrected chi connectivity index (χ4v) is 1.48. The highest BCUT2D eigenvalue weighted by Crippen LogP contribution is 2.03. The second-order valence-corrected chi connectivity index (χ2v) is 4.04. The Morgan fingerprint density at radius 1 is 1.40 bits per heavy atom. The highest BCUT2D eigenvalue weighted by molar-refractivity contribution is 5.81. The monoisotopic (exact) mass is 206 g/mol. The van der Waals surface area contributed by atoms with Gasteiger partial charge in [-0.15, -0.1) is 0 Å². The molecule has 3 heteroatoms. The van der Waals surface area contributed by atoms with E-state index in [4.69, 9.17) is 0 Å². The Morgan fingerprint density at radius 3 is 2.47 bits per heavy atom. The smallest absolute Gasteiger partial charge is 0.147 e. The molecule has 1 N–H and O–H groups in total. The van der Waals surface area contributed by atoms with E-state index >= 15 is 0 Å². The molecule has 1 atom stereocenters. The normalized spacial score (nSPS) is 12.8. The van der Waals surface area contributed by atoms with Gasteiger partial charge in [0.15, 0.2) is 0 Å². The Morgan fingerprint density at radius 2 is 2.00 bits per heavy atom. The summed E-state index contributed by atoms with van der Waals surface area (Å²) in [4.78, 5) is 15.4. The van der Waals surface area contributed by atoms with Crippen molar-refractivity contribution in [2.45, 2.75) is 39.3 Å². The summed E-state index contributed by atoms with van der Waals surface area (Å²) in [6, 6.07) is 4.11. The summed E-state index contributed by atoms with van der Waals surface area (Å²) in [5.74, 6) is 0.181. The molecular formula is C12H18N2O. The van der Waals surface area contributed by atoms with Crippen LogP contribution in [-0.2, 0) is 11.2 Å². The number of nitrogens with one attached hydrogen (secondary N) is 1. The Bertz CT molecular complexity index is 309. The number of hydrogen-bond donors (Lipinski definition) is 1. The lowest BCUT2D eigenvalue weighted by atomic mass is 10.0. The van der Waals surface area contributed by atoms with Crippen LogP contribution in [0.1, 0.15) is 26.3 Å². The third-order valence-corrected chi connectivity index (χ3v) is 2.21. The minimum atomic E-state index is -0.0904. The molecule has 0 saturated carbocycles. The maximum Gasteiger partial charge on any atom is 0.147 e.